The highest BCUT2D eigenvalue weighted by atomic mass is 16.5. The number of carbonyl (C=O) groups excluding carboxylic acids is 2. The predicted molar refractivity (Wildman–Crippen MR) is 78.3 cm³/mol. The van der Waals surface area contributed by atoms with Crippen molar-refractivity contribution in [3.05, 3.63) is 0 Å². The summed E-state index contributed by atoms with van der Waals surface area (Å²) in [6, 6.07) is -0.690. The van der Waals surface area contributed by atoms with Gasteiger partial charge in [0.1, 0.15) is 12.1 Å². The van der Waals surface area contributed by atoms with Crippen LogP contribution in [-0.2, 0) is 14.3 Å². The van der Waals surface area contributed by atoms with Crippen LogP contribution in [0.2, 0.25) is 0 Å². The largest absolute Gasteiger partial charge is 0.382 e. The first kappa shape index (κ1) is 17.0. The molecular weight excluding hydrogens is 256 g/mol. The van der Waals surface area contributed by atoms with E-state index >= 15 is 0 Å². The number of rotatable bonds is 8. The Kier molecular flexibility index (Phi) is 6.99. The van der Waals surface area contributed by atoms with E-state index in [1.807, 2.05) is 13.8 Å². The van der Waals surface area contributed by atoms with Gasteiger partial charge in [-0.25, -0.2) is 0 Å². The highest BCUT2D eigenvalue weighted by Crippen LogP contribution is 2.18. The summed E-state index contributed by atoms with van der Waals surface area (Å²) in [5.41, 5.74) is 0. The summed E-state index contributed by atoms with van der Waals surface area (Å²) in [5, 5.41) is 2.87. The third kappa shape index (κ3) is 4.47. The molecule has 1 aliphatic heterocycles. The van der Waals surface area contributed by atoms with Gasteiger partial charge in [-0.15, -0.1) is 0 Å². The minimum Gasteiger partial charge on any atom is -0.382 e. The van der Waals surface area contributed by atoms with E-state index in [0.29, 0.717) is 38.5 Å². The molecule has 2 atom stereocenters. The Morgan fingerprint density at radius 3 is 2.55 bits per heavy atom. The molecule has 1 rings (SSSR count). The van der Waals surface area contributed by atoms with Crippen LogP contribution < -0.4 is 5.32 Å². The number of hydrogen-bond acceptors (Lipinski definition) is 3. The number of nitrogens with zero attached hydrogens (tertiary/aromatic N) is 1. The van der Waals surface area contributed by atoms with Gasteiger partial charge in [0, 0.05) is 19.8 Å². The number of piperazine rings is 1. The van der Waals surface area contributed by atoms with Crippen molar-refractivity contribution in [2.75, 3.05) is 19.8 Å². The minimum atomic E-state index is -0.364. The van der Waals surface area contributed by atoms with Crippen molar-refractivity contribution in [3.8, 4) is 0 Å². The minimum absolute atomic E-state index is 0.0193. The lowest BCUT2D eigenvalue weighted by Crippen LogP contribution is -2.63. The van der Waals surface area contributed by atoms with Crippen LogP contribution in [0, 0.1) is 5.92 Å². The van der Waals surface area contributed by atoms with Crippen LogP contribution in [0.4, 0.5) is 0 Å². The standard InChI is InChI=1S/C15H28N2O3/c1-5-13-14(18)16-12(10-11(3)4)15(19)17(13)8-7-9-20-6-2/h11-13H,5-10H2,1-4H3,(H,16,18). The van der Waals surface area contributed by atoms with Gasteiger partial charge in [0.05, 0.1) is 0 Å². The molecule has 0 bridgehead atoms. The summed E-state index contributed by atoms with van der Waals surface area (Å²) in [4.78, 5) is 26.4. The smallest absolute Gasteiger partial charge is 0.245 e. The average Bonchev–Trinajstić information content (AvgIpc) is 2.39. The molecule has 5 nitrogen and oxygen atoms in total. The van der Waals surface area contributed by atoms with E-state index in [9.17, 15) is 9.59 Å². The zero-order valence-electron chi connectivity index (χ0n) is 13.1. The Balaban J connectivity index is 2.67. The summed E-state index contributed by atoms with van der Waals surface area (Å²) < 4.78 is 5.31. The quantitative estimate of drug-likeness (QED) is 0.688. The molecule has 0 radical (unpaired) electrons. The number of carbonyl (C=O) groups is 2. The van der Waals surface area contributed by atoms with Gasteiger partial charge in [-0.3, -0.25) is 9.59 Å². The molecule has 116 valence electrons. The van der Waals surface area contributed by atoms with Crippen LogP contribution in [0.15, 0.2) is 0 Å². The third-order valence-electron chi connectivity index (χ3n) is 3.56. The Hall–Kier alpha value is -1.10. The lowest BCUT2D eigenvalue weighted by molar-refractivity contribution is -0.150. The Labute approximate surface area is 122 Å². The van der Waals surface area contributed by atoms with Crippen molar-refractivity contribution < 1.29 is 14.3 Å². The molecule has 2 unspecified atom stereocenters. The van der Waals surface area contributed by atoms with Crippen molar-refractivity contribution in [1.29, 1.82) is 0 Å². The molecule has 1 fully saturated rings. The van der Waals surface area contributed by atoms with E-state index in [1.165, 1.54) is 0 Å². The van der Waals surface area contributed by atoms with Gasteiger partial charge in [-0.1, -0.05) is 20.8 Å². The van der Waals surface area contributed by atoms with Crippen LogP contribution in [0.5, 0.6) is 0 Å². The molecule has 1 N–H and O–H groups in total. The lowest BCUT2D eigenvalue weighted by Gasteiger charge is -2.39. The molecule has 0 saturated carbocycles. The molecule has 0 aromatic carbocycles. The molecule has 20 heavy (non-hydrogen) atoms. The van der Waals surface area contributed by atoms with Crippen LogP contribution in [0.3, 0.4) is 0 Å². The van der Waals surface area contributed by atoms with E-state index in [-0.39, 0.29) is 23.9 Å². The second-order valence-corrected chi connectivity index (χ2v) is 5.70. The van der Waals surface area contributed by atoms with E-state index in [0.717, 1.165) is 6.42 Å². The predicted octanol–water partition coefficient (Wildman–Crippen LogP) is 1.56. The first-order valence-electron chi connectivity index (χ1n) is 7.69. The first-order chi connectivity index (χ1) is 9.51. The van der Waals surface area contributed by atoms with Gasteiger partial charge in [0.15, 0.2) is 0 Å². The second kappa shape index (κ2) is 8.25. The molecule has 1 heterocycles. The highest BCUT2D eigenvalue weighted by Gasteiger charge is 2.39. The fourth-order valence-electron chi connectivity index (χ4n) is 2.61. The molecule has 2 amide bonds. The van der Waals surface area contributed by atoms with E-state index in [4.69, 9.17) is 4.74 Å². The molecule has 1 saturated heterocycles. The molecule has 5 heteroatoms. The fourth-order valence-corrected chi connectivity index (χ4v) is 2.61. The number of nitrogens with one attached hydrogen (secondary N) is 1. The number of hydrogen-bond donors (Lipinski definition) is 1. The molecule has 0 aliphatic carbocycles. The zero-order chi connectivity index (χ0) is 15.1. The molecule has 0 spiro atoms. The highest BCUT2D eigenvalue weighted by molar-refractivity contribution is 5.96. The van der Waals surface area contributed by atoms with Crippen LogP contribution in [0.25, 0.3) is 0 Å². The fraction of sp³-hybridized carbons (Fsp3) is 0.867. The normalized spacial score (nSPS) is 23.4. The van der Waals surface area contributed by atoms with Gasteiger partial charge in [-0.2, -0.15) is 0 Å². The van der Waals surface area contributed by atoms with Crippen LogP contribution >= 0.6 is 0 Å². The van der Waals surface area contributed by atoms with Gasteiger partial charge in [0.25, 0.3) is 0 Å². The first-order valence-corrected chi connectivity index (χ1v) is 7.69. The monoisotopic (exact) mass is 284 g/mol. The average molecular weight is 284 g/mol. The lowest BCUT2D eigenvalue weighted by atomic mass is 9.97. The summed E-state index contributed by atoms with van der Waals surface area (Å²) in [7, 11) is 0. The Bertz CT molecular complexity index is 331. The van der Waals surface area contributed by atoms with Gasteiger partial charge in [-0.05, 0) is 32.1 Å². The van der Waals surface area contributed by atoms with Crippen LogP contribution in [0.1, 0.15) is 47.0 Å². The molecule has 1 aliphatic rings. The van der Waals surface area contributed by atoms with Crippen molar-refractivity contribution in [2.45, 2.75) is 59.0 Å². The summed E-state index contributed by atoms with van der Waals surface area (Å²) in [6.45, 7) is 9.92. The van der Waals surface area contributed by atoms with Crippen molar-refractivity contribution in [1.82, 2.24) is 10.2 Å². The van der Waals surface area contributed by atoms with E-state index in [2.05, 4.69) is 19.2 Å². The topological polar surface area (TPSA) is 58.6 Å². The maximum absolute atomic E-state index is 12.5. The maximum atomic E-state index is 12.5. The van der Waals surface area contributed by atoms with Gasteiger partial charge < -0.3 is 15.0 Å². The van der Waals surface area contributed by atoms with Gasteiger partial charge >= 0.3 is 0 Å². The zero-order valence-corrected chi connectivity index (χ0v) is 13.1. The van der Waals surface area contributed by atoms with E-state index < -0.39 is 0 Å². The van der Waals surface area contributed by atoms with Crippen molar-refractivity contribution in [2.24, 2.45) is 5.92 Å². The molecular formula is C15H28N2O3. The maximum Gasteiger partial charge on any atom is 0.245 e. The van der Waals surface area contributed by atoms with Crippen molar-refractivity contribution in [3.63, 3.8) is 0 Å². The number of amides is 2. The Morgan fingerprint density at radius 1 is 1.30 bits per heavy atom. The second-order valence-electron chi connectivity index (χ2n) is 5.70. The summed E-state index contributed by atoms with van der Waals surface area (Å²) in [5.74, 6) is 0.420. The van der Waals surface area contributed by atoms with Crippen LogP contribution in [-0.4, -0.2) is 48.6 Å². The third-order valence-corrected chi connectivity index (χ3v) is 3.56. The van der Waals surface area contributed by atoms with E-state index in [1.54, 1.807) is 4.90 Å². The molecule has 0 aromatic rings. The van der Waals surface area contributed by atoms with Crippen molar-refractivity contribution >= 4 is 11.8 Å². The Morgan fingerprint density at radius 2 is 2.00 bits per heavy atom. The van der Waals surface area contributed by atoms with Gasteiger partial charge in [0.2, 0.25) is 11.8 Å². The number of ether oxygens (including phenoxy) is 1. The molecule has 0 aromatic heterocycles. The summed E-state index contributed by atoms with van der Waals surface area (Å²) in [6.07, 6.45) is 2.13. The SMILES string of the molecule is CCOCCCN1C(=O)C(CC(C)C)NC(=O)C1CC. The summed E-state index contributed by atoms with van der Waals surface area (Å²) >= 11 is 0.